The van der Waals surface area contributed by atoms with Gasteiger partial charge in [-0.05, 0) is 0 Å². The third-order valence-corrected chi connectivity index (χ3v) is 11.2. The number of hydrogen-bond donors (Lipinski definition) is 4. The number of aliphatic carboxylic acids is 2. The predicted octanol–water partition coefficient (Wildman–Crippen LogP) is -0.633. The molecule has 0 aromatic heterocycles. The predicted molar refractivity (Wildman–Crippen MR) is 113 cm³/mol. The summed E-state index contributed by atoms with van der Waals surface area (Å²) >= 11 is -0.329. The van der Waals surface area contributed by atoms with Crippen molar-refractivity contribution < 1.29 is 29.4 Å². The van der Waals surface area contributed by atoms with Crippen molar-refractivity contribution in [3.63, 3.8) is 0 Å². The van der Waals surface area contributed by atoms with Crippen LogP contribution in [-0.4, -0.2) is 72.3 Å². The third-order valence-electron chi connectivity index (χ3n) is 3.92. The van der Waals surface area contributed by atoms with Gasteiger partial charge in [-0.2, -0.15) is 0 Å². The van der Waals surface area contributed by atoms with Gasteiger partial charge in [0.15, 0.2) is 0 Å². The second-order valence-electron chi connectivity index (χ2n) is 6.23. The molecule has 0 aliphatic carbocycles. The Morgan fingerprint density at radius 1 is 0.700 bits per heavy atom. The van der Waals surface area contributed by atoms with E-state index in [4.69, 9.17) is 10.2 Å². The molecule has 0 aliphatic rings. The Kier molecular flexibility index (Phi) is 8.62. The molecule has 4 N–H and O–H groups in total. The molecule has 0 bridgehead atoms. The van der Waals surface area contributed by atoms with E-state index in [1.54, 1.807) is 36.4 Å². The average Bonchev–Trinajstić information content (AvgIpc) is 2.72. The fraction of sp³-hybridized carbons (Fsp3) is 0.200. The fourth-order valence-corrected chi connectivity index (χ4v) is 9.33. The van der Waals surface area contributed by atoms with Crippen molar-refractivity contribution in [2.45, 2.75) is 25.9 Å². The second kappa shape index (κ2) is 10.9. The summed E-state index contributed by atoms with van der Waals surface area (Å²) in [7, 11) is 0. The van der Waals surface area contributed by atoms with Crippen LogP contribution in [0.4, 0.5) is 0 Å². The average molecular weight is 542 g/mol. The van der Waals surface area contributed by atoms with Gasteiger partial charge in [-0.15, -0.1) is 0 Å². The summed E-state index contributed by atoms with van der Waals surface area (Å²) in [5.41, 5.74) is 0.822. The monoisotopic (exact) mass is 544 g/mol. The van der Waals surface area contributed by atoms with Crippen LogP contribution in [0, 0.1) is 0 Å². The Labute approximate surface area is 184 Å². The van der Waals surface area contributed by atoms with Gasteiger partial charge in [-0.25, -0.2) is 0 Å². The maximum atomic E-state index is 12.5. The molecular weight excluding hydrogens is 522 g/mol. The van der Waals surface area contributed by atoms with Crippen molar-refractivity contribution >= 4 is 58.9 Å². The first-order chi connectivity index (χ1) is 14.2. The molecule has 2 amide bonds. The molecule has 158 valence electrons. The van der Waals surface area contributed by atoms with Crippen molar-refractivity contribution in [3.05, 3.63) is 59.7 Å². The van der Waals surface area contributed by atoms with Gasteiger partial charge in [0.05, 0.1) is 0 Å². The molecule has 2 aromatic rings. The van der Waals surface area contributed by atoms with Gasteiger partial charge in [-0.1, -0.05) is 0 Å². The Bertz CT molecular complexity index is 888. The van der Waals surface area contributed by atoms with Gasteiger partial charge >= 0.3 is 185 Å². The van der Waals surface area contributed by atoms with Gasteiger partial charge in [0.2, 0.25) is 0 Å². The third kappa shape index (κ3) is 6.43. The number of nitrogens with one attached hydrogen (secondary N) is 2. The van der Waals surface area contributed by atoms with Crippen molar-refractivity contribution in [1.82, 2.24) is 10.6 Å². The van der Waals surface area contributed by atoms with E-state index in [1.165, 1.54) is 13.8 Å². The van der Waals surface area contributed by atoms with Gasteiger partial charge in [-0.3, -0.25) is 0 Å². The van der Waals surface area contributed by atoms with Crippen LogP contribution in [0.3, 0.4) is 0 Å². The molecule has 0 radical (unpaired) electrons. The van der Waals surface area contributed by atoms with Crippen LogP contribution in [0.2, 0.25) is 0 Å². The summed E-state index contributed by atoms with van der Waals surface area (Å²) < 4.78 is 1.60. The summed E-state index contributed by atoms with van der Waals surface area (Å²) in [5.74, 6) is -3.16. The molecule has 0 saturated carbocycles. The molecule has 2 aromatic carbocycles. The Morgan fingerprint density at radius 2 is 1.03 bits per heavy atom. The van der Waals surface area contributed by atoms with E-state index in [9.17, 15) is 19.2 Å². The molecule has 0 heterocycles. The Balaban J connectivity index is 2.17. The zero-order chi connectivity index (χ0) is 22.3. The molecule has 0 fully saturated rings. The summed E-state index contributed by atoms with van der Waals surface area (Å²) in [6.45, 7) is 2.79. The normalized spacial score (nSPS) is 12.5. The number of carbonyl (C=O) groups is 4. The molecule has 0 unspecified atom stereocenters. The first-order valence-corrected chi connectivity index (χ1v) is 14.8. The number of carboxylic acids is 2. The molecule has 30 heavy (non-hydrogen) atoms. The van der Waals surface area contributed by atoms with Crippen LogP contribution in [0.25, 0.3) is 0 Å². The summed E-state index contributed by atoms with van der Waals surface area (Å²) in [6, 6.07) is 11.9. The second-order valence-corrected chi connectivity index (χ2v) is 12.4. The van der Waals surface area contributed by atoms with E-state index in [2.05, 4.69) is 10.6 Å². The molecule has 0 spiro atoms. The Morgan fingerprint density at radius 3 is 1.37 bits per heavy atom. The number of benzene rings is 2. The molecular formula is C20H20N2O6Se2. The van der Waals surface area contributed by atoms with E-state index in [-0.39, 0.29) is 26.3 Å². The number of carboxylic acid groups (broad SMARTS) is 2. The van der Waals surface area contributed by atoms with E-state index in [1.807, 2.05) is 12.1 Å². The van der Waals surface area contributed by atoms with Crippen LogP contribution in [0.5, 0.6) is 0 Å². The quantitative estimate of drug-likeness (QED) is 0.312. The van der Waals surface area contributed by atoms with Crippen LogP contribution >= 0.6 is 0 Å². The van der Waals surface area contributed by atoms with Gasteiger partial charge in [0, 0.05) is 0 Å². The van der Waals surface area contributed by atoms with E-state index >= 15 is 0 Å². The maximum absolute atomic E-state index is 12.5. The zero-order valence-electron chi connectivity index (χ0n) is 16.1. The van der Waals surface area contributed by atoms with E-state index in [0.717, 1.165) is 8.92 Å². The van der Waals surface area contributed by atoms with Crippen molar-refractivity contribution in [1.29, 1.82) is 0 Å². The summed E-state index contributed by atoms with van der Waals surface area (Å²) in [5, 5.41) is 22.9. The van der Waals surface area contributed by atoms with Gasteiger partial charge in [0.1, 0.15) is 0 Å². The molecule has 0 aliphatic heterocycles. The standard InChI is InChI=1S/C20H20N2O6Se2/c1-11(19(25)26)21-17(23)13-7-3-5-9-15(13)29-30-16-10-6-4-8-14(16)18(24)22-12(2)20(27)28/h3-12H,1-2H3,(H,21,23)(H,22,24)(H,25,26)(H,27,28)/t11-,12-/m0/s1. The van der Waals surface area contributed by atoms with Crippen molar-refractivity contribution in [2.24, 2.45) is 0 Å². The number of amides is 2. The molecule has 2 atom stereocenters. The van der Waals surface area contributed by atoms with Gasteiger partial charge < -0.3 is 0 Å². The van der Waals surface area contributed by atoms with Crippen LogP contribution < -0.4 is 19.6 Å². The van der Waals surface area contributed by atoms with E-state index < -0.39 is 35.8 Å². The first-order valence-electron chi connectivity index (χ1n) is 8.80. The topological polar surface area (TPSA) is 133 Å². The number of hydrogen-bond acceptors (Lipinski definition) is 4. The molecule has 2 rings (SSSR count). The molecule has 8 nitrogen and oxygen atoms in total. The van der Waals surface area contributed by atoms with E-state index in [0.29, 0.717) is 11.1 Å². The summed E-state index contributed by atoms with van der Waals surface area (Å²) in [6.07, 6.45) is 0. The first kappa shape index (κ1) is 23.6. The minimum atomic E-state index is -1.12. The number of rotatable bonds is 9. The SMILES string of the molecule is C[C@H](NC(=O)c1ccccc1[Se][Se]c1ccccc1C(=O)N[C@@H](C)C(=O)O)C(=O)O. The van der Waals surface area contributed by atoms with Gasteiger partial charge in [0.25, 0.3) is 0 Å². The minimum absolute atomic E-state index is 0.164. The number of carbonyl (C=O) groups excluding carboxylic acids is 2. The van der Waals surface area contributed by atoms with Crippen molar-refractivity contribution in [3.8, 4) is 0 Å². The van der Waals surface area contributed by atoms with Crippen LogP contribution in [0.15, 0.2) is 48.5 Å². The summed E-state index contributed by atoms with van der Waals surface area (Å²) in [4.78, 5) is 46.9. The fourth-order valence-electron chi connectivity index (χ4n) is 2.22. The molecule has 10 heteroatoms. The van der Waals surface area contributed by atoms with Crippen LogP contribution in [0.1, 0.15) is 34.6 Å². The van der Waals surface area contributed by atoms with Crippen LogP contribution in [-0.2, 0) is 9.59 Å². The molecule has 0 saturated heterocycles. The Hall–Kier alpha value is -2.64. The van der Waals surface area contributed by atoms with Crippen molar-refractivity contribution in [2.75, 3.05) is 0 Å². The zero-order valence-corrected chi connectivity index (χ0v) is 19.5.